The molecular formula is C18H20N2O3S. The third-order valence-corrected chi connectivity index (χ3v) is 4.43. The molecule has 1 aromatic rings. The molecule has 5 nitrogen and oxygen atoms in total. The van der Waals surface area contributed by atoms with Gasteiger partial charge in [0.05, 0.1) is 10.6 Å². The molecule has 0 aliphatic heterocycles. The highest BCUT2D eigenvalue weighted by Gasteiger charge is 2.24. The van der Waals surface area contributed by atoms with E-state index in [-0.39, 0.29) is 23.3 Å². The number of hydrogen-bond acceptors (Lipinski definition) is 5. The quantitative estimate of drug-likeness (QED) is 0.333. The monoisotopic (exact) mass is 344 g/mol. The molecule has 0 amide bonds. The minimum absolute atomic E-state index is 0.00156. The van der Waals surface area contributed by atoms with Crippen molar-refractivity contribution < 1.29 is 9.72 Å². The first-order valence-electron chi connectivity index (χ1n) is 7.77. The fourth-order valence-electron chi connectivity index (χ4n) is 2.36. The van der Waals surface area contributed by atoms with E-state index < -0.39 is 4.92 Å². The van der Waals surface area contributed by atoms with Crippen molar-refractivity contribution in [3.05, 3.63) is 57.7 Å². The van der Waals surface area contributed by atoms with Crippen molar-refractivity contribution in [3.8, 4) is 0 Å². The van der Waals surface area contributed by atoms with Crippen LogP contribution in [0.25, 0.3) is 0 Å². The van der Waals surface area contributed by atoms with Crippen LogP contribution in [0.4, 0.5) is 5.69 Å². The lowest BCUT2D eigenvalue weighted by atomic mass is 9.84. The number of nitro benzene ring substituents is 1. The van der Waals surface area contributed by atoms with E-state index in [2.05, 4.69) is 4.40 Å². The second-order valence-corrected chi connectivity index (χ2v) is 7.03. The zero-order valence-electron chi connectivity index (χ0n) is 14.1. The van der Waals surface area contributed by atoms with Crippen molar-refractivity contribution in [2.24, 2.45) is 16.2 Å². The summed E-state index contributed by atoms with van der Waals surface area (Å²) in [6, 6.07) is 6.29. The van der Waals surface area contributed by atoms with Crippen LogP contribution < -0.4 is 0 Å². The van der Waals surface area contributed by atoms with Crippen LogP contribution in [0.1, 0.15) is 27.7 Å². The lowest BCUT2D eigenvalue weighted by Crippen LogP contribution is -2.20. The molecule has 0 radical (unpaired) electrons. The Morgan fingerprint density at radius 1 is 1.00 bits per heavy atom. The summed E-state index contributed by atoms with van der Waals surface area (Å²) >= 11 is 1.26. The summed E-state index contributed by atoms with van der Waals surface area (Å²) in [5, 5.41) is 10.7. The first-order chi connectivity index (χ1) is 11.3. The van der Waals surface area contributed by atoms with E-state index in [9.17, 15) is 14.9 Å². The SMILES string of the molecule is CC(C)C1=CC(=O)C=C(C(C)C)C1=NSc1ccc([N+](=O)[O-])cc1. The molecular weight excluding hydrogens is 324 g/mol. The summed E-state index contributed by atoms with van der Waals surface area (Å²) in [6.45, 7) is 8.14. The Bertz CT molecular complexity index is 714. The molecule has 126 valence electrons. The van der Waals surface area contributed by atoms with E-state index in [0.29, 0.717) is 0 Å². The van der Waals surface area contributed by atoms with Gasteiger partial charge in [0, 0.05) is 29.0 Å². The molecule has 6 heteroatoms. The molecule has 0 spiro atoms. The summed E-state index contributed by atoms with van der Waals surface area (Å²) in [5.74, 6) is 0.377. The van der Waals surface area contributed by atoms with Crippen LogP contribution in [-0.2, 0) is 4.79 Å². The highest BCUT2D eigenvalue weighted by molar-refractivity contribution is 7.98. The zero-order chi connectivity index (χ0) is 17.9. The second-order valence-electron chi connectivity index (χ2n) is 6.19. The summed E-state index contributed by atoms with van der Waals surface area (Å²) in [7, 11) is 0. The Hall–Kier alpha value is -2.21. The van der Waals surface area contributed by atoms with Crippen molar-refractivity contribution in [2.45, 2.75) is 32.6 Å². The molecule has 0 fully saturated rings. The number of allylic oxidation sites excluding steroid dienone is 4. The Morgan fingerprint density at radius 3 is 1.92 bits per heavy atom. The van der Waals surface area contributed by atoms with Crippen molar-refractivity contribution in [2.75, 3.05) is 0 Å². The van der Waals surface area contributed by atoms with Crippen LogP contribution in [0.15, 0.2) is 56.9 Å². The van der Waals surface area contributed by atoms with Crippen LogP contribution >= 0.6 is 11.9 Å². The number of carbonyl (C=O) groups excluding carboxylic acids is 1. The molecule has 24 heavy (non-hydrogen) atoms. The first-order valence-corrected chi connectivity index (χ1v) is 8.54. The van der Waals surface area contributed by atoms with Gasteiger partial charge in [-0.2, -0.15) is 0 Å². The maximum atomic E-state index is 11.9. The Balaban J connectivity index is 2.32. The second kappa shape index (κ2) is 7.57. The number of nitrogens with zero attached hydrogens (tertiary/aromatic N) is 2. The summed E-state index contributed by atoms with van der Waals surface area (Å²) < 4.78 is 4.64. The molecule has 0 saturated carbocycles. The van der Waals surface area contributed by atoms with E-state index in [0.717, 1.165) is 21.8 Å². The summed E-state index contributed by atoms with van der Waals surface area (Å²) in [6.07, 6.45) is 3.29. The van der Waals surface area contributed by atoms with Gasteiger partial charge in [0.15, 0.2) is 5.78 Å². The van der Waals surface area contributed by atoms with Gasteiger partial charge in [0.1, 0.15) is 0 Å². The lowest BCUT2D eigenvalue weighted by molar-refractivity contribution is -0.384. The van der Waals surface area contributed by atoms with Gasteiger partial charge in [-0.3, -0.25) is 14.9 Å². The van der Waals surface area contributed by atoms with Gasteiger partial charge in [-0.1, -0.05) is 27.7 Å². The van der Waals surface area contributed by atoms with Crippen molar-refractivity contribution in [1.82, 2.24) is 0 Å². The minimum atomic E-state index is -0.424. The van der Waals surface area contributed by atoms with Gasteiger partial charge < -0.3 is 0 Å². The molecule has 0 bridgehead atoms. The smallest absolute Gasteiger partial charge is 0.269 e. The van der Waals surface area contributed by atoms with Gasteiger partial charge >= 0.3 is 0 Å². The molecule has 1 aromatic carbocycles. The maximum Gasteiger partial charge on any atom is 0.269 e. The molecule has 2 rings (SSSR count). The Labute approximate surface area is 145 Å². The Kier molecular flexibility index (Phi) is 5.72. The number of nitro groups is 1. The topological polar surface area (TPSA) is 72.6 Å². The number of hydrogen-bond donors (Lipinski definition) is 0. The highest BCUT2D eigenvalue weighted by Crippen LogP contribution is 2.30. The minimum Gasteiger partial charge on any atom is -0.290 e. The normalized spacial score (nSPS) is 14.8. The number of rotatable bonds is 5. The largest absolute Gasteiger partial charge is 0.290 e. The van der Waals surface area contributed by atoms with Crippen molar-refractivity contribution >= 4 is 29.1 Å². The van der Waals surface area contributed by atoms with Crippen molar-refractivity contribution in [3.63, 3.8) is 0 Å². The molecule has 0 N–H and O–H groups in total. The van der Waals surface area contributed by atoms with Gasteiger partial charge in [-0.05, 0) is 47.3 Å². The maximum absolute atomic E-state index is 11.9. The van der Waals surface area contributed by atoms with Crippen LogP contribution in [0.2, 0.25) is 0 Å². The third-order valence-electron chi connectivity index (χ3n) is 3.68. The number of carbonyl (C=O) groups is 1. The number of benzene rings is 1. The number of non-ortho nitro benzene ring substituents is 1. The average molecular weight is 344 g/mol. The summed E-state index contributed by atoms with van der Waals surface area (Å²) in [5.41, 5.74) is 2.75. The van der Waals surface area contributed by atoms with Crippen LogP contribution in [0.5, 0.6) is 0 Å². The predicted octanol–water partition coefficient (Wildman–Crippen LogP) is 4.79. The van der Waals surface area contributed by atoms with Gasteiger partial charge in [-0.25, -0.2) is 4.40 Å². The molecule has 1 aliphatic rings. The van der Waals surface area contributed by atoms with E-state index in [1.54, 1.807) is 24.3 Å². The molecule has 0 saturated heterocycles. The van der Waals surface area contributed by atoms with E-state index >= 15 is 0 Å². The third kappa shape index (κ3) is 4.20. The average Bonchev–Trinajstić information content (AvgIpc) is 2.53. The predicted molar refractivity (Wildman–Crippen MR) is 97.2 cm³/mol. The zero-order valence-corrected chi connectivity index (χ0v) is 15.0. The van der Waals surface area contributed by atoms with E-state index in [1.807, 2.05) is 27.7 Å². The van der Waals surface area contributed by atoms with Gasteiger partial charge in [0.2, 0.25) is 0 Å². The highest BCUT2D eigenvalue weighted by atomic mass is 32.2. The van der Waals surface area contributed by atoms with E-state index in [1.165, 1.54) is 24.1 Å². The molecule has 0 atom stereocenters. The van der Waals surface area contributed by atoms with E-state index in [4.69, 9.17) is 0 Å². The molecule has 0 heterocycles. The lowest BCUT2D eigenvalue weighted by Gasteiger charge is -2.22. The van der Waals surface area contributed by atoms with Gasteiger partial charge in [0.25, 0.3) is 5.69 Å². The number of ketones is 1. The van der Waals surface area contributed by atoms with Crippen LogP contribution in [-0.4, -0.2) is 16.4 Å². The van der Waals surface area contributed by atoms with Crippen LogP contribution in [0, 0.1) is 22.0 Å². The Morgan fingerprint density at radius 2 is 1.50 bits per heavy atom. The van der Waals surface area contributed by atoms with Crippen molar-refractivity contribution in [1.29, 1.82) is 0 Å². The first kappa shape index (κ1) is 18.1. The fourth-order valence-corrected chi connectivity index (χ4v) is 3.03. The molecule has 0 aromatic heterocycles. The molecule has 0 unspecified atom stereocenters. The van der Waals surface area contributed by atoms with Crippen LogP contribution in [0.3, 0.4) is 0 Å². The molecule has 1 aliphatic carbocycles. The van der Waals surface area contributed by atoms with Gasteiger partial charge in [-0.15, -0.1) is 0 Å². The fraction of sp³-hybridized carbons (Fsp3) is 0.333. The standard InChI is InChI=1S/C18H20N2O3S/c1-11(2)16-9-14(21)10-17(12(3)4)18(16)19-24-15-7-5-13(6-8-15)20(22)23/h5-12H,1-4H3. The summed E-state index contributed by atoms with van der Waals surface area (Å²) in [4.78, 5) is 23.0.